The third kappa shape index (κ3) is 2.68. The summed E-state index contributed by atoms with van der Waals surface area (Å²) < 4.78 is 12.0. The van der Waals surface area contributed by atoms with Gasteiger partial charge in [-0.2, -0.15) is 0 Å². The van der Waals surface area contributed by atoms with Gasteiger partial charge < -0.3 is 14.6 Å². The Morgan fingerprint density at radius 2 is 1.91 bits per heavy atom. The molecule has 1 aliphatic carbocycles. The molecule has 2 fully saturated rings. The molecule has 0 spiro atoms. The molecule has 0 bridgehead atoms. The maximum atomic E-state index is 11.0. The van der Waals surface area contributed by atoms with Crippen LogP contribution in [0.4, 0.5) is 11.5 Å². The molecule has 1 aromatic rings. The summed E-state index contributed by atoms with van der Waals surface area (Å²) in [5.74, 6) is 0.603. The van der Waals surface area contributed by atoms with Crippen molar-refractivity contribution < 1.29 is 14.2 Å². The first kappa shape index (κ1) is 15.2. The highest BCUT2D eigenvalue weighted by Gasteiger charge is 2.53. The second kappa shape index (κ2) is 4.92. The van der Waals surface area contributed by atoms with E-state index >= 15 is 0 Å². The van der Waals surface area contributed by atoms with Crippen molar-refractivity contribution in [2.75, 3.05) is 5.32 Å². The van der Waals surface area contributed by atoms with Gasteiger partial charge in [0.05, 0.1) is 16.1 Å². The zero-order chi connectivity index (χ0) is 16.1. The quantitative estimate of drug-likeness (QED) is 0.519. The summed E-state index contributed by atoms with van der Waals surface area (Å²) in [6.07, 6.45) is 3.43. The predicted octanol–water partition coefficient (Wildman–Crippen LogP) is 1.86. The van der Waals surface area contributed by atoms with Crippen molar-refractivity contribution in [1.82, 2.24) is 4.98 Å². The lowest BCUT2D eigenvalue weighted by molar-refractivity contribution is -0.385. The lowest BCUT2D eigenvalue weighted by Gasteiger charge is -2.32. The molecule has 0 amide bonds. The van der Waals surface area contributed by atoms with E-state index < -0.39 is 23.2 Å². The van der Waals surface area contributed by atoms with E-state index in [4.69, 9.17) is 9.31 Å². The zero-order valence-electron chi connectivity index (χ0n) is 13.3. The van der Waals surface area contributed by atoms with Gasteiger partial charge in [-0.15, -0.1) is 0 Å². The number of hydrogen-bond donors (Lipinski definition) is 1. The summed E-state index contributed by atoms with van der Waals surface area (Å²) in [6.45, 7) is 7.80. The van der Waals surface area contributed by atoms with Gasteiger partial charge in [-0.1, -0.05) is 0 Å². The lowest BCUT2D eigenvalue weighted by Crippen LogP contribution is -2.41. The third-order valence-electron chi connectivity index (χ3n) is 4.54. The van der Waals surface area contributed by atoms with E-state index in [1.54, 1.807) is 0 Å². The zero-order valence-corrected chi connectivity index (χ0v) is 13.3. The standard InChI is InChI=1S/C14H20BN3O4/c1-13(2)14(3,4)22-15(21-13)11-7-10(18(19)20)8-16-12(11)17-9-5-6-9/h7-9H,5-6H2,1-4H3,(H,16,17). The number of nitro groups is 1. The predicted molar refractivity (Wildman–Crippen MR) is 83.3 cm³/mol. The topological polar surface area (TPSA) is 86.5 Å². The largest absolute Gasteiger partial charge is 0.498 e. The highest BCUT2D eigenvalue weighted by Crippen LogP contribution is 2.37. The van der Waals surface area contributed by atoms with Crippen molar-refractivity contribution in [3.05, 3.63) is 22.4 Å². The van der Waals surface area contributed by atoms with E-state index in [0.717, 1.165) is 12.8 Å². The average molecular weight is 305 g/mol. The molecule has 1 aliphatic heterocycles. The van der Waals surface area contributed by atoms with E-state index in [9.17, 15) is 10.1 Å². The summed E-state index contributed by atoms with van der Waals surface area (Å²) in [6, 6.07) is 1.87. The molecule has 1 saturated heterocycles. The van der Waals surface area contributed by atoms with Crippen LogP contribution in [0.25, 0.3) is 0 Å². The molecule has 1 N–H and O–H groups in total. The fourth-order valence-corrected chi connectivity index (χ4v) is 2.26. The summed E-state index contributed by atoms with van der Waals surface area (Å²) in [5.41, 5.74) is -0.482. The van der Waals surface area contributed by atoms with Gasteiger partial charge >= 0.3 is 7.12 Å². The van der Waals surface area contributed by atoms with Crippen molar-refractivity contribution >= 4 is 24.1 Å². The Kier molecular flexibility index (Phi) is 3.41. The fraction of sp³-hybridized carbons (Fsp3) is 0.643. The summed E-state index contributed by atoms with van der Waals surface area (Å²) in [5, 5.41) is 14.3. The van der Waals surface area contributed by atoms with Crippen molar-refractivity contribution in [1.29, 1.82) is 0 Å². The first-order valence-corrected chi connectivity index (χ1v) is 7.46. The smallest absolute Gasteiger partial charge is 0.399 e. The Labute approximate surface area is 129 Å². The van der Waals surface area contributed by atoms with E-state index in [2.05, 4.69) is 10.3 Å². The van der Waals surface area contributed by atoms with E-state index in [1.165, 1.54) is 12.3 Å². The Morgan fingerprint density at radius 3 is 2.41 bits per heavy atom. The van der Waals surface area contributed by atoms with Gasteiger partial charge in [0.1, 0.15) is 12.0 Å². The lowest BCUT2D eigenvalue weighted by atomic mass is 9.79. The van der Waals surface area contributed by atoms with Gasteiger partial charge in [0.2, 0.25) is 0 Å². The minimum Gasteiger partial charge on any atom is -0.399 e. The highest BCUT2D eigenvalue weighted by molar-refractivity contribution is 6.63. The van der Waals surface area contributed by atoms with Crippen molar-refractivity contribution in [3.8, 4) is 0 Å². The van der Waals surface area contributed by atoms with Crippen LogP contribution in [0.5, 0.6) is 0 Å². The molecule has 22 heavy (non-hydrogen) atoms. The Morgan fingerprint density at radius 1 is 1.32 bits per heavy atom. The van der Waals surface area contributed by atoms with Crippen molar-refractivity contribution in [2.45, 2.75) is 57.8 Å². The molecule has 7 nitrogen and oxygen atoms in total. The SMILES string of the molecule is CC1(C)OB(c2cc([N+](=O)[O-])cnc2NC2CC2)OC1(C)C. The van der Waals surface area contributed by atoms with Crippen LogP contribution >= 0.6 is 0 Å². The van der Waals surface area contributed by atoms with E-state index in [1.807, 2.05) is 27.7 Å². The maximum Gasteiger partial charge on any atom is 0.498 e. The maximum absolute atomic E-state index is 11.0. The number of nitrogens with zero attached hydrogens (tertiary/aromatic N) is 2. The summed E-state index contributed by atoms with van der Waals surface area (Å²) in [4.78, 5) is 14.8. The normalized spacial score (nSPS) is 22.6. The Hall–Kier alpha value is -1.67. The van der Waals surface area contributed by atoms with E-state index in [0.29, 0.717) is 17.3 Å². The number of nitrogens with one attached hydrogen (secondary N) is 1. The molecule has 118 valence electrons. The van der Waals surface area contributed by atoms with E-state index in [-0.39, 0.29) is 5.69 Å². The van der Waals surface area contributed by atoms with Crippen LogP contribution in [0, 0.1) is 10.1 Å². The third-order valence-corrected chi connectivity index (χ3v) is 4.54. The van der Waals surface area contributed by atoms with Gasteiger partial charge in [-0.05, 0) is 40.5 Å². The molecule has 8 heteroatoms. The van der Waals surface area contributed by atoms with Crippen molar-refractivity contribution in [2.24, 2.45) is 0 Å². The second-order valence-electron chi connectivity index (χ2n) is 6.90. The Balaban J connectivity index is 1.96. The van der Waals surface area contributed by atoms with Gasteiger partial charge in [0.25, 0.3) is 5.69 Å². The number of aromatic nitrogens is 1. The monoisotopic (exact) mass is 305 g/mol. The molecule has 0 radical (unpaired) electrons. The van der Waals surface area contributed by atoms with Crippen LogP contribution < -0.4 is 10.8 Å². The van der Waals surface area contributed by atoms with Crippen LogP contribution in [0.1, 0.15) is 40.5 Å². The first-order valence-electron chi connectivity index (χ1n) is 7.46. The Bertz CT molecular complexity index is 600. The molecule has 0 unspecified atom stereocenters. The van der Waals surface area contributed by atoms with Gasteiger partial charge in [0, 0.05) is 17.6 Å². The molecule has 2 heterocycles. The molecule has 2 aliphatic rings. The van der Waals surface area contributed by atoms with Crippen LogP contribution in [0.15, 0.2) is 12.3 Å². The molecular weight excluding hydrogens is 285 g/mol. The number of pyridine rings is 1. The summed E-state index contributed by atoms with van der Waals surface area (Å²) in [7, 11) is -0.668. The molecule has 0 atom stereocenters. The fourth-order valence-electron chi connectivity index (χ4n) is 2.26. The molecule has 1 saturated carbocycles. The highest BCUT2D eigenvalue weighted by atomic mass is 16.7. The molecule has 1 aromatic heterocycles. The van der Waals surface area contributed by atoms with Crippen LogP contribution in [-0.4, -0.2) is 34.3 Å². The van der Waals surface area contributed by atoms with Crippen LogP contribution in [0.3, 0.4) is 0 Å². The molecule has 3 rings (SSSR count). The summed E-state index contributed by atoms with van der Waals surface area (Å²) >= 11 is 0. The number of anilines is 1. The van der Waals surface area contributed by atoms with Gasteiger partial charge in [0.15, 0.2) is 0 Å². The van der Waals surface area contributed by atoms with Gasteiger partial charge in [-0.25, -0.2) is 4.98 Å². The average Bonchev–Trinajstić information content (AvgIpc) is 3.17. The number of rotatable bonds is 4. The molecule has 0 aromatic carbocycles. The number of hydrogen-bond acceptors (Lipinski definition) is 6. The van der Waals surface area contributed by atoms with Gasteiger partial charge in [-0.3, -0.25) is 10.1 Å². The minimum atomic E-state index is -0.668. The second-order valence-corrected chi connectivity index (χ2v) is 6.90. The first-order chi connectivity index (χ1) is 10.2. The van der Waals surface area contributed by atoms with Crippen LogP contribution in [-0.2, 0) is 9.31 Å². The molecular formula is C14H20BN3O4. The van der Waals surface area contributed by atoms with Crippen molar-refractivity contribution in [3.63, 3.8) is 0 Å². The van der Waals surface area contributed by atoms with Crippen LogP contribution in [0.2, 0.25) is 0 Å². The minimum absolute atomic E-state index is 0.0638.